The van der Waals surface area contributed by atoms with Gasteiger partial charge >= 0.3 is 0 Å². The molecule has 218 valence electrons. The fourth-order valence-corrected chi connectivity index (χ4v) is 5.78. The Morgan fingerprint density at radius 2 is 1.71 bits per heavy atom. The van der Waals surface area contributed by atoms with Crippen molar-refractivity contribution >= 4 is 33.9 Å². The summed E-state index contributed by atoms with van der Waals surface area (Å²) >= 11 is 0. The summed E-state index contributed by atoms with van der Waals surface area (Å²) < 4.78 is 9.84. The van der Waals surface area contributed by atoms with Crippen LogP contribution in [-0.2, 0) is 23.1 Å². The topological polar surface area (TPSA) is 123 Å². The van der Waals surface area contributed by atoms with Gasteiger partial charge in [0.1, 0.15) is 11.6 Å². The number of aromatic nitrogens is 6. The van der Waals surface area contributed by atoms with E-state index in [1.54, 1.807) is 0 Å². The zero-order valence-corrected chi connectivity index (χ0v) is 24.7. The van der Waals surface area contributed by atoms with E-state index in [4.69, 9.17) is 30.4 Å². The quantitative estimate of drug-likeness (QED) is 0.362. The van der Waals surface area contributed by atoms with Crippen molar-refractivity contribution in [2.24, 2.45) is 12.8 Å². The molecule has 0 spiro atoms. The average molecular weight is 561 g/mol. The summed E-state index contributed by atoms with van der Waals surface area (Å²) in [4.78, 5) is 39.1. The van der Waals surface area contributed by atoms with Crippen molar-refractivity contribution in [1.29, 1.82) is 0 Å². The van der Waals surface area contributed by atoms with Crippen molar-refractivity contribution in [3.8, 4) is 5.95 Å². The van der Waals surface area contributed by atoms with Crippen molar-refractivity contribution < 1.29 is 9.53 Å². The molecule has 2 aliphatic heterocycles. The number of nitrogens with two attached hydrogens (primary N) is 1. The molecule has 1 aromatic carbocycles. The number of hydrogen-bond acceptors (Lipinski definition) is 9. The number of para-hydroxylation sites is 2. The van der Waals surface area contributed by atoms with E-state index >= 15 is 0 Å². The maximum Gasteiger partial charge on any atom is 0.239 e. The zero-order valence-electron chi connectivity index (χ0n) is 24.7. The Balaban J connectivity index is 1.40. The van der Waals surface area contributed by atoms with Crippen LogP contribution in [0.1, 0.15) is 45.3 Å². The number of ether oxygens (including phenoxy) is 1. The Morgan fingerprint density at radius 1 is 1.00 bits per heavy atom. The molecule has 0 radical (unpaired) electrons. The molecule has 3 aromatic heterocycles. The number of nitrogens with zero attached hydrogens (tertiary/aromatic N) is 9. The second-order valence-corrected chi connectivity index (χ2v) is 11.8. The van der Waals surface area contributed by atoms with E-state index in [9.17, 15) is 4.79 Å². The van der Waals surface area contributed by atoms with Gasteiger partial charge in [0.15, 0.2) is 17.0 Å². The summed E-state index contributed by atoms with van der Waals surface area (Å²) in [6, 6.07) is 8.14. The molecule has 6 rings (SSSR count). The molecule has 41 heavy (non-hydrogen) atoms. The molecule has 0 saturated carbocycles. The van der Waals surface area contributed by atoms with Crippen LogP contribution in [0.2, 0.25) is 0 Å². The number of anilines is 1. The normalized spacial score (nSPS) is 17.8. The molecule has 0 unspecified atom stereocenters. The van der Waals surface area contributed by atoms with Gasteiger partial charge in [-0.3, -0.25) is 19.2 Å². The summed E-state index contributed by atoms with van der Waals surface area (Å²) in [6.45, 7) is 14.8. The van der Waals surface area contributed by atoms with Crippen LogP contribution in [0.15, 0.2) is 24.3 Å². The number of benzene rings is 1. The summed E-state index contributed by atoms with van der Waals surface area (Å²) in [5.74, 6) is 3.19. The Morgan fingerprint density at radius 3 is 2.39 bits per heavy atom. The van der Waals surface area contributed by atoms with Gasteiger partial charge in [0.05, 0.1) is 36.3 Å². The number of imidazole rings is 2. The Bertz CT molecular complexity index is 1580. The largest absolute Gasteiger partial charge is 0.378 e. The highest BCUT2D eigenvalue weighted by molar-refractivity contribution is 5.86. The van der Waals surface area contributed by atoms with Gasteiger partial charge in [0.2, 0.25) is 11.9 Å². The molecule has 1 amide bonds. The minimum absolute atomic E-state index is 0.189. The Hall–Kier alpha value is -3.61. The highest BCUT2D eigenvalue weighted by Crippen LogP contribution is 2.30. The van der Waals surface area contributed by atoms with Crippen molar-refractivity contribution in [1.82, 2.24) is 38.9 Å². The summed E-state index contributed by atoms with van der Waals surface area (Å²) in [7, 11) is 2.03. The van der Waals surface area contributed by atoms with Crippen LogP contribution in [0.5, 0.6) is 0 Å². The van der Waals surface area contributed by atoms with Gasteiger partial charge in [-0.05, 0) is 26.0 Å². The number of amides is 1. The lowest BCUT2D eigenvalue weighted by Gasteiger charge is -2.42. The van der Waals surface area contributed by atoms with Crippen LogP contribution >= 0.6 is 0 Å². The minimum Gasteiger partial charge on any atom is -0.378 e. The molecule has 12 heteroatoms. The zero-order chi connectivity index (χ0) is 28.9. The second-order valence-electron chi connectivity index (χ2n) is 11.8. The van der Waals surface area contributed by atoms with Crippen LogP contribution in [0.25, 0.3) is 28.1 Å². The first-order chi connectivity index (χ1) is 19.6. The smallest absolute Gasteiger partial charge is 0.239 e. The van der Waals surface area contributed by atoms with Gasteiger partial charge in [-0.1, -0.05) is 26.0 Å². The highest BCUT2D eigenvalue weighted by Gasteiger charge is 2.35. The van der Waals surface area contributed by atoms with E-state index in [2.05, 4.69) is 43.7 Å². The number of piperazine rings is 1. The van der Waals surface area contributed by atoms with Gasteiger partial charge in [-0.2, -0.15) is 9.97 Å². The first-order valence-corrected chi connectivity index (χ1v) is 14.5. The van der Waals surface area contributed by atoms with Crippen LogP contribution in [0.4, 0.5) is 5.82 Å². The third-order valence-electron chi connectivity index (χ3n) is 8.53. The first-order valence-electron chi connectivity index (χ1n) is 14.5. The van der Waals surface area contributed by atoms with Crippen molar-refractivity contribution in [3.63, 3.8) is 0 Å². The predicted molar refractivity (Wildman–Crippen MR) is 158 cm³/mol. The second kappa shape index (κ2) is 10.7. The molecule has 2 saturated heterocycles. The van der Waals surface area contributed by atoms with E-state index in [0.717, 1.165) is 78.9 Å². The lowest BCUT2D eigenvalue weighted by Crippen LogP contribution is -2.59. The van der Waals surface area contributed by atoms with Gasteiger partial charge in [-0.15, -0.1) is 0 Å². The first kappa shape index (κ1) is 27.6. The maximum atomic E-state index is 12.0. The van der Waals surface area contributed by atoms with E-state index in [0.29, 0.717) is 25.7 Å². The fourth-order valence-electron chi connectivity index (χ4n) is 5.78. The number of aryl methyl sites for hydroxylation is 1. The summed E-state index contributed by atoms with van der Waals surface area (Å²) in [5.41, 5.74) is 8.52. The molecule has 0 bridgehead atoms. The van der Waals surface area contributed by atoms with E-state index in [-0.39, 0.29) is 11.8 Å². The molecule has 4 aromatic rings. The van der Waals surface area contributed by atoms with Crippen molar-refractivity contribution in [2.75, 3.05) is 57.4 Å². The molecule has 0 aliphatic carbocycles. The minimum atomic E-state index is -0.657. The molecular formula is C29H40N10O2. The van der Waals surface area contributed by atoms with Crippen molar-refractivity contribution in [3.05, 3.63) is 35.9 Å². The molecular weight excluding hydrogens is 520 g/mol. The fraction of sp³-hybridized carbons (Fsp3) is 0.552. The standard InChI is InChI=1S/C29H40N10O2/c1-19(2)24-31-20-8-6-7-9-21(20)39(24)28-33-25-23(26(34-28)37-14-16-41-17-15-37)32-22(35(25)5)18-36-10-12-38(13-11-36)29(3,4)27(30)40/h6-9,19H,10-18H2,1-5H3,(H2,30,40). The third-order valence-corrected chi connectivity index (χ3v) is 8.53. The molecule has 2 aliphatic rings. The van der Waals surface area contributed by atoms with Crippen LogP contribution < -0.4 is 10.6 Å². The number of hydrogen-bond donors (Lipinski definition) is 1. The van der Waals surface area contributed by atoms with Gasteiger partial charge in [0.25, 0.3) is 0 Å². The lowest BCUT2D eigenvalue weighted by atomic mass is 10.0. The highest BCUT2D eigenvalue weighted by atomic mass is 16.5. The molecule has 0 atom stereocenters. The van der Waals surface area contributed by atoms with E-state index in [1.165, 1.54) is 0 Å². The number of carbonyl (C=O) groups excluding carboxylic acids is 1. The van der Waals surface area contributed by atoms with E-state index in [1.807, 2.05) is 39.1 Å². The number of morpholine rings is 1. The van der Waals surface area contributed by atoms with Gasteiger partial charge in [-0.25, -0.2) is 9.97 Å². The van der Waals surface area contributed by atoms with Crippen LogP contribution in [-0.4, -0.2) is 103 Å². The summed E-state index contributed by atoms with van der Waals surface area (Å²) in [6.07, 6.45) is 0. The van der Waals surface area contributed by atoms with E-state index < -0.39 is 5.54 Å². The third kappa shape index (κ3) is 4.93. The van der Waals surface area contributed by atoms with Crippen LogP contribution in [0, 0.1) is 0 Å². The Labute approximate surface area is 240 Å². The molecule has 2 fully saturated rings. The summed E-state index contributed by atoms with van der Waals surface area (Å²) in [5, 5.41) is 0. The SMILES string of the molecule is CC(C)c1nc2ccccc2n1-c1nc(N2CCOCC2)c2nc(CN3CCN(C(C)(C)C(N)=O)CC3)n(C)c2n1. The van der Waals surface area contributed by atoms with Crippen molar-refractivity contribution in [2.45, 2.75) is 45.7 Å². The lowest BCUT2D eigenvalue weighted by molar-refractivity contribution is -0.129. The van der Waals surface area contributed by atoms with Crippen LogP contribution in [0.3, 0.4) is 0 Å². The molecule has 5 heterocycles. The monoisotopic (exact) mass is 560 g/mol. The number of primary amides is 1. The molecule has 2 N–H and O–H groups in total. The number of fused-ring (bicyclic) bond motifs is 2. The van der Waals surface area contributed by atoms with Gasteiger partial charge in [0, 0.05) is 52.2 Å². The predicted octanol–water partition coefficient (Wildman–Crippen LogP) is 2.04. The number of rotatable bonds is 7. The average Bonchev–Trinajstić information content (AvgIpc) is 3.51. The maximum absolute atomic E-state index is 12.0. The number of carbonyl (C=O) groups is 1. The molecule has 12 nitrogen and oxygen atoms in total. The van der Waals surface area contributed by atoms with Gasteiger partial charge < -0.3 is 19.9 Å². The Kier molecular flexibility index (Phi) is 7.16.